The molecule has 0 nitrogen and oxygen atoms in total. The maximum Gasteiger partial charge on any atom is -0.0149 e. The van der Waals surface area contributed by atoms with Crippen LogP contribution in [0.1, 0.15) is 37.5 Å². The minimum atomic E-state index is 1.10. The highest BCUT2D eigenvalue weighted by molar-refractivity contribution is 5.69. The Morgan fingerprint density at radius 3 is 2.22 bits per heavy atom. The highest BCUT2D eigenvalue weighted by Gasteiger charge is 2.07. The predicted molar refractivity (Wildman–Crippen MR) is 80.0 cm³/mol. The maximum atomic E-state index is 2.33. The van der Waals surface area contributed by atoms with Crippen molar-refractivity contribution < 1.29 is 0 Å². The molecular formula is C18H22. The van der Waals surface area contributed by atoms with E-state index in [1.807, 2.05) is 0 Å². The van der Waals surface area contributed by atoms with E-state index in [0.29, 0.717) is 0 Å². The van der Waals surface area contributed by atoms with Gasteiger partial charge in [0.1, 0.15) is 0 Å². The average Bonchev–Trinajstić information content (AvgIpc) is 2.46. The lowest BCUT2D eigenvalue weighted by Gasteiger charge is -2.13. The van der Waals surface area contributed by atoms with Crippen molar-refractivity contribution in [3.63, 3.8) is 0 Å². The Morgan fingerprint density at radius 2 is 1.56 bits per heavy atom. The molecule has 0 N–H and O–H groups in total. The summed E-state index contributed by atoms with van der Waals surface area (Å²) in [7, 11) is 0. The van der Waals surface area contributed by atoms with Crippen molar-refractivity contribution in [1.82, 2.24) is 0 Å². The van der Waals surface area contributed by atoms with Crippen LogP contribution in [0, 0.1) is 0 Å². The molecule has 0 heteroatoms. The molecule has 18 heavy (non-hydrogen) atoms. The molecule has 0 bridgehead atoms. The van der Waals surface area contributed by atoms with Crippen LogP contribution in [0.25, 0.3) is 11.1 Å². The molecule has 0 saturated heterocycles. The van der Waals surface area contributed by atoms with Crippen molar-refractivity contribution in [3.8, 4) is 11.1 Å². The van der Waals surface area contributed by atoms with Gasteiger partial charge in [0.25, 0.3) is 0 Å². The zero-order chi connectivity index (χ0) is 13.0. The van der Waals surface area contributed by atoms with Gasteiger partial charge < -0.3 is 0 Å². The highest BCUT2D eigenvalue weighted by atomic mass is 14.1. The SMILES string of the molecule is CCc1cccc(-c2cccc(CC)c2CC)c1. The van der Waals surface area contributed by atoms with E-state index in [0.717, 1.165) is 19.3 Å². The molecule has 0 heterocycles. The third-order valence-electron chi connectivity index (χ3n) is 3.65. The fourth-order valence-corrected chi connectivity index (χ4v) is 2.61. The Morgan fingerprint density at radius 1 is 0.778 bits per heavy atom. The Balaban J connectivity index is 2.55. The van der Waals surface area contributed by atoms with Crippen molar-refractivity contribution in [2.24, 2.45) is 0 Å². The van der Waals surface area contributed by atoms with Gasteiger partial charge in [0, 0.05) is 0 Å². The van der Waals surface area contributed by atoms with Gasteiger partial charge >= 0.3 is 0 Å². The van der Waals surface area contributed by atoms with E-state index < -0.39 is 0 Å². The number of benzene rings is 2. The Hall–Kier alpha value is -1.56. The fourth-order valence-electron chi connectivity index (χ4n) is 2.61. The monoisotopic (exact) mass is 238 g/mol. The van der Waals surface area contributed by atoms with Crippen molar-refractivity contribution in [1.29, 1.82) is 0 Å². The molecular weight excluding hydrogens is 216 g/mol. The molecule has 0 fully saturated rings. The second kappa shape index (κ2) is 5.86. The van der Waals surface area contributed by atoms with Crippen LogP contribution in [-0.4, -0.2) is 0 Å². The number of aryl methyl sites for hydroxylation is 2. The summed E-state index contributed by atoms with van der Waals surface area (Å²) in [5.41, 5.74) is 7.18. The zero-order valence-corrected chi connectivity index (χ0v) is 11.7. The standard InChI is InChI=1S/C18H22/c1-4-14-9-7-11-16(13-14)18-12-8-10-15(5-2)17(18)6-3/h7-13H,4-6H2,1-3H3. The van der Waals surface area contributed by atoms with Crippen molar-refractivity contribution in [3.05, 3.63) is 59.2 Å². The smallest absolute Gasteiger partial charge is 0.0149 e. The molecule has 0 radical (unpaired) electrons. The van der Waals surface area contributed by atoms with E-state index in [1.54, 1.807) is 0 Å². The van der Waals surface area contributed by atoms with Gasteiger partial charge in [0.05, 0.1) is 0 Å². The summed E-state index contributed by atoms with van der Waals surface area (Å²) in [5, 5.41) is 0. The van der Waals surface area contributed by atoms with Gasteiger partial charge in [0.2, 0.25) is 0 Å². The van der Waals surface area contributed by atoms with Crippen LogP contribution in [0.3, 0.4) is 0 Å². The summed E-state index contributed by atoms with van der Waals surface area (Å²) in [6.45, 7) is 6.70. The summed E-state index contributed by atoms with van der Waals surface area (Å²) < 4.78 is 0. The first-order valence-electron chi connectivity index (χ1n) is 7.00. The molecule has 0 saturated carbocycles. The number of hydrogen-bond acceptors (Lipinski definition) is 0. The minimum absolute atomic E-state index is 1.10. The third-order valence-corrected chi connectivity index (χ3v) is 3.65. The van der Waals surface area contributed by atoms with Crippen LogP contribution in [0.4, 0.5) is 0 Å². The van der Waals surface area contributed by atoms with E-state index in [4.69, 9.17) is 0 Å². The topological polar surface area (TPSA) is 0 Å². The predicted octanol–water partition coefficient (Wildman–Crippen LogP) is 5.04. The van der Waals surface area contributed by atoms with Gasteiger partial charge in [-0.1, -0.05) is 63.2 Å². The van der Waals surface area contributed by atoms with Gasteiger partial charge in [-0.25, -0.2) is 0 Å². The first-order valence-corrected chi connectivity index (χ1v) is 7.00. The van der Waals surface area contributed by atoms with Crippen LogP contribution < -0.4 is 0 Å². The van der Waals surface area contributed by atoms with Crippen molar-refractivity contribution in [2.45, 2.75) is 40.0 Å². The van der Waals surface area contributed by atoms with Gasteiger partial charge in [-0.2, -0.15) is 0 Å². The average molecular weight is 238 g/mol. The second-order valence-corrected chi connectivity index (χ2v) is 4.70. The third kappa shape index (κ3) is 2.48. The lowest BCUT2D eigenvalue weighted by Crippen LogP contribution is -1.95. The molecule has 94 valence electrons. The van der Waals surface area contributed by atoms with E-state index in [9.17, 15) is 0 Å². The summed E-state index contributed by atoms with van der Waals surface area (Å²) in [6, 6.07) is 15.6. The van der Waals surface area contributed by atoms with Crippen LogP contribution in [0.2, 0.25) is 0 Å². The summed E-state index contributed by atoms with van der Waals surface area (Å²) in [4.78, 5) is 0. The molecule has 2 aromatic rings. The Kier molecular flexibility index (Phi) is 4.19. The van der Waals surface area contributed by atoms with Crippen LogP contribution in [0.5, 0.6) is 0 Å². The molecule has 0 aliphatic heterocycles. The quantitative estimate of drug-likeness (QED) is 0.700. The van der Waals surface area contributed by atoms with Crippen molar-refractivity contribution in [2.75, 3.05) is 0 Å². The number of hydrogen-bond donors (Lipinski definition) is 0. The summed E-state index contributed by atoms with van der Waals surface area (Å²) in [5.74, 6) is 0. The van der Waals surface area contributed by atoms with E-state index in [2.05, 4.69) is 63.2 Å². The Bertz CT molecular complexity index is 523. The summed E-state index contributed by atoms with van der Waals surface area (Å²) >= 11 is 0. The zero-order valence-electron chi connectivity index (χ0n) is 11.7. The molecule has 0 spiro atoms. The molecule has 0 amide bonds. The van der Waals surface area contributed by atoms with Gasteiger partial charge in [-0.15, -0.1) is 0 Å². The molecule has 0 unspecified atom stereocenters. The molecule has 0 aromatic heterocycles. The number of rotatable bonds is 4. The van der Waals surface area contributed by atoms with Crippen molar-refractivity contribution >= 4 is 0 Å². The maximum absolute atomic E-state index is 2.33. The van der Waals surface area contributed by atoms with Gasteiger partial charge in [0.15, 0.2) is 0 Å². The second-order valence-electron chi connectivity index (χ2n) is 4.70. The van der Waals surface area contributed by atoms with Gasteiger partial charge in [-0.05, 0) is 47.1 Å². The molecule has 0 aliphatic carbocycles. The fraction of sp³-hybridized carbons (Fsp3) is 0.333. The van der Waals surface area contributed by atoms with Gasteiger partial charge in [-0.3, -0.25) is 0 Å². The largest absolute Gasteiger partial charge is 0.0614 e. The first kappa shape index (κ1) is 12.9. The van der Waals surface area contributed by atoms with Crippen LogP contribution >= 0.6 is 0 Å². The normalized spacial score (nSPS) is 10.6. The van der Waals surface area contributed by atoms with E-state index >= 15 is 0 Å². The summed E-state index contributed by atoms with van der Waals surface area (Å²) in [6.07, 6.45) is 3.32. The molecule has 0 aliphatic rings. The van der Waals surface area contributed by atoms with E-state index in [1.165, 1.54) is 27.8 Å². The lowest BCUT2D eigenvalue weighted by atomic mass is 9.92. The molecule has 2 rings (SSSR count). The Labute approximate surface area is 111 Å². The van der Waals surface area contributed by atoms with Crippen LogP contribution in [-0.2, 0) is 19.3 Å². The van der Waals surface area contributed by atoms with E-state index in [-0.39, 0.29) is 0 Å². The highest BCUT2D eigenvalue weighted by Crippen LogP contribution is 2.28. The molecule has 2 aromatic carbocycles. The molecule has 0 atom stereocenters. The minimum Gasteiger partial charge on any atom is -0.0614 e. The first-order chi connectivity index (χ1) is 8.80. The van der Waals surface area contributed by atoms with Crippen LogP contribution in [0.15, 0.2) is 42.5 Å². The lowest BCUT2D eigenvalue weighted by molar-refractivity contribution is 1.04.